The van der Waals surface area contributed by atoms with Gasteiger partial charge in [0.15, 0.2) is 0 Å². The summed E-state index contributed by atoms with van der Waals surface area (Å²) >= 11 is 0. The Morgan fingerprint density at radius 1 is 1.64 bits per heavy atom. The first-order valence-electron chi connectivity index (χ1n) is 3.41. The maximum absolute atomic E-state index is 11.0. The molecular weight excluding hydrogens is 164 g/mol. The molecule has 0 aromatic heterocycles. The van der Waals surface area contributed by atoms with Crippen LogP contribution in [0.15, 0.2) is 0 Å². The molecule has 0 aliphatic rings. The molecule has 11 heavy (non-hydrogen) atoms. The Labute approximate surface area is 68.8 Å². The largest absolute Gasteiger partial charge is 0.370 e. The van der Waals surface area contributed by atoms with Crippen molar-refractivity contribution in [1.82, 2.24) is 0 Å². The van der Waals surface area contributed by atoms with Gasteiger partial charge in [0.25, 0.3) is 0 Å². The lowest BCUT2D eigenvalue weighted by atomic mass is 10.4. The lowest BCUT2D eigenvalue weighted by molar-refractivity contribution is -0.117. The zero-order valence-electron chi connectivity index (χ0n) is 6.58. The van der Waals surface area contributed by atoms with E-state index in [0.717, 1.165) is 0 Å². The van der Waals surface area contributed by atoms with E-state index in [1.165, 1.54) is 0 Å². The molecule has 0 radical (unpaired) electrons. The second kappa shape index (κ2) is 5.26. The summed E-state index contributed by atoms with van der Waals surface area (Å²) in [6, 6.07) is -0.0799. The minimum Gasteiger partial charge on any atom is -0.370 e. The molecule has 2 unspecified atom stereocenters. The SMILES string of the molecule is CC(N)CS(=O)CCC(N)=O. The summed E-state index contributed by atoms with van der Waals surface area (Å²) in [5, 5.41) is 0. The Hall–Kier alpha value is -0.420. The van der Waals surface area contributed by atoms with Crippen molar-refractivity contribution in [1.29, 1.82) is 0 Å². The van der Waals surface area contributed by atoms with Crippen LogP contribution in [0.1, 0.15) is 13.3 Å². The third-order valence-electron chi connectivity index (χ3n) is 1.02. The lowest BCUT2D eigenvalue weighted by Crippen LogP contribution is -2.25. The standard InChI is InChI=1S/C6H14N2O2S/c1-5(7)4-11(10)3-2-6(8)9/h5H,2-4,7H2,1H3,(H2,8,9). The molecule has 0 saturated heterocycles. The van der Waals surface area contributed by atoms with Gasteiger partial charge in [0.1, 0.15) is 0 Å². The first-order valence-corrected chi connectivity index (χ1v) is 4.90. The number of rotatable bonds is 5. The first-order chi connectivity index (χ1) is 5.02. The van der Waals surface area contributed by atoms with E-state index in [1.807, 2.05) is 0 Å². The Morgan fingerprint density at radius 3 is 2.55 bits per heavy atom. The number of nitrogens with two attached hydrogens (primary N) is 2. The number of carbonyl (C=O) groups is 1. The van der Waals surface area contributed by atoms with Gasteiger partial charge in [-0.1, -0.05) is 0 Å². The molecule has 0 aromatic carbocycles. The topological polar surface area (TPSA) is 86.2 Å². The average Bonchev–Trinajstić information content (AvgIpc) is 1.82. The highest BCUT2D eigenvalue weighted by atomic mass is 32.2. The highest BCUT2D eigenvalue weighted by molar-refractivity contribution is 7.85. The van der Waals surface area contributed by atoms with Gasteiger partial charge in [-0.05, 0) is 6.92 Å². The van der Waals surface area contributed by atoms with Gasteiger partial charge >= 0.3 is 0 Å². The van der Waals surface area contributed by atoms with Crippen LogP contribution in [-0.2, 0) is 15.6 Å². The summed E-state index contributed by atoms with van der Waals surface area (Å²) in [7, 11) is -0.997. The molecule has 0 rings (SSSR count). The van der Waals surface area contributed by atoms with Crippen molar-refractivity contribution < 1.29 is 9.00 Å². The molecule has 0 heterocycles. The van der Waals surface area contributed by atoms with Crippen LogP contribution in [0.4, 0.5) is 0 Å². The van der Waals surface area contributed by atoms with Crippen LogP contribution in [0.2, 0.25) is 0 Å². The summed E-state index contributed by atoms with van der Waals surface area (Å²) < 4.78 is 11.0. The van der Waals surface area contributed by atoms with E-state index < -0.39 is 16.7 Å². The van der Waals surface area contributed by atoms with E-state index in [9.17, 15) is 9.00 Å². The van der Waals surface area contributed by atoms with E-state index in [2.05, 4.69) is 0 Å². The van der Waals surface area contributed by atoms with Crippen LogP contribution >= 0.6 is 0 Å². The summed E-state index contributed by atoms with van der Waals surface area (Å²) in [5.41, 5.74) is 10.3. The van der Waals surface area contributed by atoms with E-state index in [-0.39, 0.29) is 12.5 Å². The van der Waals surface area contributed by atoms with Gasteiger partial charge < -0.3 is 11.5 Å². The van der Waals surface area contributed by atoms with E-state index in [0.29, 0.717) is 11.5 Å². The zero-order valence-corrected chi connectivity index (χ0v) is 7.39. The van der Waals surface area contributed by atoms with Gasteiger partial charge in [0.2, 0.25) is 5.91 Å². The fraction of sp³-hybridized carbons (Fsp3) is 0.833. The second-order valence-electron chi connectivity index (χ2n) is 2.50. The van der Waals surface area contributed by atoms with Crippen LogP contribution in [0.5, 0.6) is 0 Å². The lowest BCUT2D eigenvalue weighted by Gasteiger charge is -2.02. The van der Waals surface area contributed by atoms with E-state index in [4.69, 9.17) is 11.5 Å². The number of hydrogen-bond donors (Lipinski definition) is 2. The molecule has 0 saturated carbocycles. The average molecular weight is 178 g/mol. The van der Waals surface area contributed by atoms with Gasteiger partial charge in [0.05, 0.1) is 0 Å². The predicted octanol–water partition coefficient (Wildman–Crippen LogP) is -1.04. The predicted molar refractivity (Wildman–Crippen MR) is 45.3 cm³/mol. The normalized spacial score (nSPS) is 15.8. The third-order valence-corrected chi connectivity index (χ3v) is 2.58. The fourth-order valence-corrected chi connectivity index (χ4v) is 1.77. The Balaban J connectivity index is 3.45. The number of amides is 1. The van der Waals surface area contributed by atoms with Crippen LogP contribution in [0.3, 0.4) is 0 Å². The number of hydrogen-bond acceptors (Lipinski definition) is 3. The highest BCUT2D eigenvalue weighted by Gasteiger charge is 2.04. The molecule has 5 heteroatoms. The van der Waals surface area contributed by atoms with Gasteiger partial charge in [-0.2, -0.15) is 0 Å². The fourth-order valence-electron chi connectivity index (χ4n) is 0.591. The Bertz CT molecular complexity index is 159. The molecule has 66 valence electrons. The van der Waals surface area contributed by atoms with Gasteiger partial charge in [-0.3, -0.25) is 9.00 Å². The first kappa shape index (κ1) is 10.6. The number of primary amides is 1. The molecule has 4 nitrogen and oxygen atoms in total. The molecule has 0 aliphatic heterocycles. The Morgan fingerprint density at radius 2 is 2.18 bits per heavy atom. The molecule has 0 aliphatic carbocycles. The third kappa shape index (κ3) is 7.48. The molecule has 0 bridgehead atoms. The molecule has 0 spiro atoms. The molecule has 0 aromatic rings. The minimum absolute atomic E-state index is 0.0799. The van der Waals surface area contributed by atoms with Gasteiger partial charge in [-0.15, -0.1) is 0 Å². The van der Waals surface area contributed by atoms with Crippen LogP contribution < -0.4 is 11.5 Å². The Kier molecular flexibility index (Phi) is 5.06. The maximum Gasteiger partial charge on any atom is 0.218 e. The monoisotopic (exact) mass is 178 g/mol. The molecule has 0 fully saturated rings. The smallest absolute Gasteiger partial charge is 0.218 e. The summed E-state index contributed by atoms with van der Waals surface area (Å²) in [6.07, 6.45) is 0.180. The van der Waals surface area contributed by atoms with E-state index in [1.54, 1.807) is 6.92 Å². The second-order valence-corrected chi connectivity index (χ2v) is 4.13. The number of carbonyl (C=O) groups excluding carboxylic acids is 1. The van der Waals surface area contributed by atoms with Crippen molar-refractivity contribution in [2.45, 2.75) is 19.4 Å². The van der Waals surface area contributed by atoms with Crippen LogP contribution in [-0.4, -0.2) is 27.7 Å². The van der Waals surface area contributed by atoms with Crippen LogP contribution in [0, 0.1) is 0 Å². The van der Waals surface area contributed by atoms with Crippen molar-refractivity contribution in [3.63, 3.8) is 0 Å². The van der Waals surface area contributed by atoms with E-state index >= 15 is 0 Å². The zero-order chi connectivity index (χ0) is 8.85. The van der Waals surface area contributed by atoms with Gasteiger partial charge in [-0.25, -0.2) is 0 Å². The highest BCUT2D eigenvalue weighted by Crippen LogP contribution is 1.89. The molecule has 2 atom stereocenters. The van der Waals surface area contributed by atoms with Crippen molar-refractivity contribution in [3.8, 4) is 0 Å². The molecular formula is C6H14N2O2S. The van der Waals surface area contributed by atoms with Crippen molar-refractivity contribution >= 4 is 16.7 Å². The molecule has 1 amide bonds. The summed E-state index contributed by atoms with van der Waals surface area (Å²) in [5.74, 6) is 0.354. The van der Waals surface area contributed by atoms with Crippen LogP contribution in [0.25, 0.3) is 0 Å². The summed E-state index contributed by atoms with van der Waals surface area (Å²) in [4.78, 5) is 10.2. The minimum atomic E-state index is -0.997. The maximum atomic E-state index is 11.0. The van der Waals surface area contributed by atoms with Crippen molar-refractivity contribution in [2.75, 3.05) is 11.5 Å². The molecule has 4 N–H and O–H groups in total. The van der Waals surface area contributed by atoms with Gasteiger partial charge in [0, 0.05) is 34.8 Å². The van der Waals surface area contributed by atoms with Crippen molar-refractivity contribution in [3.05, 3.63) is 0 Å². The quantitative estimate of drug-likeness (QED) is 0.563. The summed E-state index contributed by atoms with van der Waals surface area (Å²) in [6.45, 7) is 1.78. The van der Waals surface area contributed by atoms with Crippen molar-refractivity contribution in [2.24, 2.45) is 11.5 Å².